The van der Waals surface area contributed by atoms with Crippen LogP contribution >= 0.6 is 0 Å². The van der Waals surface area contributed by atoms with Gasteiger partial charge in [-0.1, -0.05) is 30.3 Å². The van der Waals surface area contributed by atoms with Gasteiger partial charge in [-0.05, 0) is 53.8 Å². The highest BCUT2D eigenvalue weighted by molar-refractivity contribution is 5.78. The number of hydrogen-bond acceptors (Lipinski definition) is 5. The molecule has 144 valence electrons. The van der Waals surface area contributed by atoms with E-state index in [4.69, 9.17) is 4.74 Å². The molecule has 4 rings (SSSR count). The van der Waals surface area contributed by atoms with Crippen molar-refractivity contribution in [3.8, 4) is 17.1 Å². The minimum atomic E-state index is 0.0335. The third kappa shape index (κ3) is 4.19. The van der Waals surface area contributed by atoms with Crippen molar-refractivity contribution >= 4 is 5.91 Å². The van der Waals surface area contributed by atoms with Gasteiger partial charge >= 0.3 is 0 Å². The Hall–Kier alpha value is -3.22. The highest BCUT2D eigenvalue weighted by atomic mass is 16.5. The molecule has 0 saturated carbocycles. The Morgan fingerprint density at radius 3 is 2.43 bits per heavy atom. The molecule has 2 aromatic carbocycles. The standard InChI is InChI=1S/C21H23N5O2/c1-25-23-21(22-24-25)18-7-9-19(10-8-18)28-15-20(27)26-13-11-17(12-14-26)16-5-3-2-4-6-16/h2-10,17H,11-15H2,1H3. The van der Waals surface area contributed by atoms with Crippen LogP contribution in [-0.2, 0) is 11.8 Å². The number of nitrogens with zero attached hydrogens (tertiary/aromatic N) is 5. The summed E-state index contributed by atoms with van der Waals surface area (Å²) in [4.78, 5) is 15.8. The molecule has 7 nitrogen and oxygen atoms in total. The van der Waals surface area contributed by atoms with Crippen molar-refractivity contribution in [2.24, 2.45) is 7.05 Å². The summed E-state index contributed by atoms with van der Waals surface area (Å²) < 4.78 is 5.68. The number of aryl methyl sites for hydroxylation is 1. The van der Waals surface area contributed by atoms with E-state index in [0.717, 1.165) is 31.5 Å². The lowest BCUT2D eigenvalue weighted by Gasteiger charge is -2.32. The molecule has 1 aliphatic rings. The van der Waals surface area contributed by atoms with E-state index in [2.05, 4.69) is 39.7 Å². The molecule has 0 spiro atoms. The van der Waals surface area contributed by atoms with Crippen LogP contribution in [0.5, 0.6) is 5.75 Å². The number of tetrazole rings is 1. The number of amides is 1. The zero-order chi connectivity index (χ0) is 19.3. The van der Waals surface area contributed by atoms with Gasteiger partial charge in [0.1, 0.15) is 5.75 Å². The second kappa shape index (κ2) is 8.21. The molecule has 2 heterocycles. The minimum Gasteiger partial charge on any atom is -0.484 e. The maximum absolute atomic E-state index is 12.5. The monoisotopic (exact) mass is 377 g/mol. The van der Waals surface area contributed by atoms with E-state index in [0.29, 0.717) is 17.5 Å². The first-order valence-electron chi connectivity index (χ1n) is 9.49. The van der Waals surface area contributed by atoms with Crippen LogP contribution in [0, 0.1) is 0 Å². The van der Waals surface area contributed by atoms with Crippen LogP contribution in [0.15, 0.2) is 54.6 Å². The molecular weight excluding hydrogens is 354 g/mol. The van der Waals surface area contributed by atoms with Gasteiger partial charge < -0.3 is 9.64 Å². The molecule has 3 aromatic rings. The second-order valence-corrected chi connectivity index (χ2v) is 6.98. The van der Waals surface area contributed by atoms with E-state index in [1.165, 1.54) is 10.4 Å². The van der Waals surface area contributed by atoms with Gasteiger partial charge in [-0.3, -0.25) is 4.79 Å². The quantitative estimate of drug-likeness (QED) is 0.683. The number of likely N-dealkylation sites (tertiary alicyclic amines) is 1. The Balaban J connectivity index is 1.27. The summed E-state index contributed by atoms with van der Waals surface area (Å²) in [7, 11) is 1.72. The first-order chi connectivity index (χ1) is 13.7. The average Bonchev–Trinajstić information content (AvgIpc) is 3.19. The number of benzene rings is 2. The Morgan fingerprint density at radius 1 is 1.07 bits per heavy atom. The molecule has 1 fully saturated rings. The molecule has 0 aliphatic carbocycles. The molecule has 1 aromatic heterocycles. The Morgan fingerprint density at radius 2 is 1.79 bits per heavy atom. The van der Waals surface area contributed by atoms with Gasteiger partial charge in [-0.2, -0.15) is 4.80 Å². The summed E-state index contributed by atoms with van der Waals surface area (Å²) in [6, 6.07) is 17.9. The Kier molecular flexibility index (Phi) is 5.32. The SMILES string of the molecule is Cn1nnc(-c2ccc(OCC(=O)N3CCC(c4ccccc4)CC3)cc2)n1. The smallest absolute Gasteiger partial charge is 0.260 e. The predicted molar refractivity (Wildman–Crippen MR) is 105 cm³/mol. The summed E-state index contributed by atoms with van der Waals surface area (Å²) in [6.07, 6.45) is 1.99. The van der Waals surface area contributed by atoms with Crippen LogP contribution in [0.1, 0.15) is 24.3 Å². The van der Waals surface area contributed by atoms with E-state index in [1.54, 1.807) is 7.05 Å². The minimum absolute atomic E-state index is 0.0335. The topological polar surface area (TPSA) is 73.1 Å². The fourth-order valence-electron chi connectivity index (χ4n) is 3.52. The predicted octanol–water partition coefficient (Wildman–Crippen LogP) is 2.66. The third-order valence-corrected chi connectivity index (χ3v) is 5.10. The van der Waals surface area contributed by atoms with Crippen molar-refractivity contribution in [3.63, 3.8) is 0 Å². The summed E-state index contributed by atoms with van der Waals surface area (Å²) in [5, 5.41) is 12.0. The fourth-order valence-corrected chi connectivity index (χ4v) is 3.52. The van der Waals surface area contributed by atoms with Crippen molar-refractivity contribution in [3.05, 3.63) is 60.2 Å². The number of rotatable bonds is 5. The first-order valence-corrected chi connectivity index (χ1v) is 9.49. The number of aromatic nitrogens is 4. The molecular formula is C21H23N5O2. The molecule has 0 radical (unpaired) electrons. The van der Waals surface area contributed by atoms with E-state index in [-0.39, 0.29) is 12.5 Å². The van der Waals surface area contributed by atoms with Crippen LogP contribution in [0.25, 0.3) is 11.4 Å². The van der Waals surface area contributed by atoms with Crippen LogP contribution in [0.3, 0.4) is 0 Å². The number of carbonyl (C=O) groups excluding carboxylic acids is 1. The number of hydrogen-bond donors (Lipinski definition) is 0. The maximum Gasteiger partial charge on any atom is 0.260 e. The van der Waals surface area contributed by atoms with Crippen molar-refractivity contribution in [2.45, 2.75) is 18.8 Å². The zero-order valence-corrected chi connectivity index (χ0v) is 15.9. The molecule has 1 amide bonds. The van der Waals surface area contributed by atoms with Gasteiger partial charge in [0.2, 0.25) is 5.82 Å². The van der Waals surface area contributed by atoms with Crippen molar-refractivity contribution in [1.29, 1.82) is 0 Å². The van der Waals surface area contributed by atoms with E-state index in [1.807, 2.05) is 35.2 Å². The van der Waals surface area contributed by atoms with E-state index in [9.17, 15) is 4.79 Å². The average molecular weight is 377 g/mol. The molecule has 0 N–H and O–H groups in total. The highest BCUT2D eigenvalue weighted by Crippen LogP contribution is 2.27. The van der Waals surface area contributed by atoms with Gasteiger partial charge in [0.05, 0.1) is 7.05 Å². The van der Waals surface area contributed by atoms with Gasteiger partial charge in [0.15, 0.2) is 6.61 Å². The molecule has 0 bridgehead atoms. The molecule has 28 heavy (non-hydrogen) atoms. The number of ether oxygens (including phenoxy) is 1. The molecule has 7 heteroatoms. The van der Waals surface area contributed by atoms with Crippen LogP contribution in [-0.4, -0.2) is 50.7 Å². The third-order valence-electron chi connectivity index (χ3n) is 5.10. The van der Waals surface area contributed by atoms with Gasteiger partial charge in [-0.15, -0.1) is 10.2 Å². The fraction of sp³-hybridized carbons (Fsp3) is 0.333. The maximum atomic E-state index is 12.5. The van der Waals surface area contributed by atoms with Gasteiger partial charge in [0, 0.05) is 18.7 Å². The molecule has 1 saturated heterocycles. The summed E-state index contributed by atoms with van der Waals surface area (Å²) in [6.45, 7) is 1.61. The van der Waals surface area contributed by atoms with Gasteiger partial charge in [0.25, 0.3) is 5.91 Å². The number of piperidine rings is 1. The summed E-state index contributed by atoms with van der Waals surface area (Å²) >= 11 is 0. The van der Waals surface area contributed by atoms with Crippen molar-refractivity contribution < 1.29 is 9.53 Å². The van der Waals surface area contributed by atoms with Crippen LogP contribution in [0.2, 0.25) is 0 Å². The van der Waals surface area contributed by atoms with Crippen LogP contribution < -0.4 is 4.74 Å². The molecule has 1 aliphatic heterocycles. The summed E-state index contributed by atoms with van der Waals surface area (Å²) in [5.74, 6) is 1.78. The molecule has 0 atom stereocenters. The highest BCUT2D eigenvalue weighted by Gasteiger charge is 2.23. The zero-order valence-electron chi connectivity index (χ0n) is 15.9. The number of carbonyl (C=O) groups is 1. The second-order valence-electron chi connectivity index (χ2n) is 6.98. The van der Waals surface area contributed by atoms with Crippen molar-refractivity contribution in [2.75, 3.05) is 19.7 Å². The Labute approximate surface area is 163 Å². The van der Waals surface area contributed by atoms with Crippen LogP contribution in [0.4, 0.5) is 0 Å². The normalized spacial score (nSPS) is 14.8. The lowest BCUT2D eigenvalue weighted by Crippen LogP contribution is -2.40. The van der Waals surface area contributed by atoms with Gasteiger partial charge in [-0.25, -0.2) is 0 Å². The van der Waals surface area contributed by atoms with Crippen molar-refractivity contribution in [1.82, 2.24) is 25.1 Å². The first kappa shape index (κ1) is 18.2. The largest absolute Gasteiger partial charge is 0.484 e. The lowest BCUT2D eigenvalue weighted by atomic mass is 9.89. The Bertz CT molecular complexity index is 915. The lowest BCUT2D eigenvalue weighted by molar-refractivity contribution is -0.134. The van der Waals surface area contributed by atoms with E-state index < -0.39 is 0 Å². The molecule has 0 unspecified atom stereocenters. The summed E-state index contributed by atoms with van der Waals surface area (Å²) in [5.41, 5.74) is 2.22. The van der Waals surface area contributed by atoms with E-state index >= 15 is 0 Å².